The molecule has 0 atom stereocenters. The number of hydrogen-bond donors (Lipinski definition) is 1. The number of benzene rings is 1. The summed E-state index contributed by atoms with van der Waals surface area (Å²) in [4.78, 5) is 4.15. The lowest BCUT2D eigenvalue weighted by Crippen LogP contribution is -2.13. The third kappa shape index (κ3) is 2.03. The van der Waals surface area contributed by atoms with Crippen LogP contribution in [0.2, 0.25) is 0 Å². The number of nitrogens with zero attached hydrogens (tertiary/aromatic N) is 3. The number of aryl methyl sites for hydroxylation is 2. The van der Waals surface area contributed by atoms with Crippen LogP contribution in [0.25, 0.3) is 0 Å². The molecule has 0 amide bonds. The molecule has 1 aromatic heterocycles. The molecule has 0 aliphatic carbocycles. The molecular weight excluding hydrogens is 228 g/mol. The molecule has 0 unspecified atom stereocenters. The Kier molecular flexibility index (Phi) is 2.88. The second-order valence-electron chi connectivity index (χ2n) is 4.41. The molecule has 0 spiro atoms. The molecule has 1 aromatic carbocycles. The van der Waals surface area contributed by atoms with Crippen molar-refractivity contribution in [3.05, 3.63) is 35.9 Å². The summed E-state index contributed by atoms with van der Waals surface area (Å²) in [5.41, 5.74) is 2.46. The van der Waals surface area contributed by atoms with Gasteiger partial charge in [0.15, 0.2) is 5.82 Å². The zero-order chi connectivity index (χ0) is 12.4. The largest absolute Gasteiger partial charge is 0.483 e. The maximum atomic E-state index is 5.84. The van der Waals surface area contributed by atoms with Crippen molar-refractivity contribution in [1.29, 1.82) is 0 Å². The van der Waals surface area contributed by atoms with E-state index in [1.165, 1.54) is 18.3 Å². The maximum Gasteiger partial charge on any atom is 0.164 e. The van der Waals surface area contributed by atoms with Gasteiger partial charge < -0.3 is 10.1 Å². The first-order valence-electron chi connectivity index (χ1n) is 6.16. The summed E-state index contributed by atoms with van der Waals surface area (Å²) in [6.07, 6.45) is 3.83. The first-order valence-corrected chi connectivity index (χ1v) is 6.16. The van der Waals surface area contributed by atoms with Gasteiger partial charge >= 0.3 is 0 Å². The number of fused-ring (bicyclic) bond motifs is 1. The minimum absolute atomic E-state index is 0.439. The van der Waals surface area contributed by atoms with Crippen LogP contribution in [0.1, 0.15) is 17.8 Å². The Balaban J connectivity index is 1.79. The molecular formula is C13H16N4O. The highest BCUT2D eigenvalue weighted by molar-refractivity contribution is 5.63. The van der Waals surface area contributed by atoms with Gasteiger partial charge in [-0.15, -0.1) is 0 Å². The summed E-state index contributed by atoms with van der Waals surface area (Å²) < 4.78 is 7.57. The molecule has 5 heteroatoms. The topological polar surface area (TPSA) is 52.0 Å². The molecule has 0 fully saturated rings. The van der Waals surface area contributed by atoms with E-state index in [-0.39, 0.29) is 0 Å². The minimum atomic E-state index is 0.439. The highest BCUT2D eigenvalue weighted by Crippen LogP contribution is 2.32. The molecule has 2 aromatic rings. The van der Waals surface area contributed by atoms with E-state index < -0.39 is 0 Å². The number of nitrogens with one attached hydrogen (secondary N) is 1. The number of anilines is 1. The van der Waals surface area contributed by atoms with E-state index in [1.54, 1.807) is 4.68 Å². The van der Waals surface area contributed by atoms with Crippen LogP contribution in [0.4, 0.5) is 5.69 Å². The Morgan fingerprint density at radius 1 is 1.44 bits per heavy atom. The molecule has 3 rings (SSSR count). The third-order valence-electron chi connectivity index (χ3n) is 3.20. The van der Waals surface area contributed by atoms with Crippen molar-refractivity contribution in [1.82, 2.24) is 14.8 Å². The van der Waals surface area contributed by atoms with Gasteiger partial charge in [0.05, 0.1) is 5.69 Å². The van der Waals surface area contributed by atoms with Gasteiger partial charge in [-0.05, 0) is 24.5 Å². The fraction of sp³-hybridized carbons (Fsp3) is 0.385. The Morgan fingerprint density at radius 2 is 2.39 bits per heavy atom. The van der Waals surface area contributed by atoms with Gasteiger partial charge in [-0.2, -0.15) is 5.10 Å². The van der Waals surface area contributed by atoms with E-state index in [0.29, 0.717) is 6.61 Å². The predicted octanol–water partition coefficient (Wildman–Crippen LogP) is 1.75. The number of aromatic nitrogens is 3. The lowest BCUT2D eigenvalue weighted by atomic mass is 10.0. The van der Waals surface area contributed by atoms with Crippen LogP contribution in [-0.2, 0) is 20.1 Å². The summed E-state index contributed by atoms with van der Waals surface area (Å²) in [6.45, 7) is 1.45. The molecule has 5 nitrogen and oxygen atoms in total. The summed E-state index contributed by atoms with van der Waals surface area (Å²) in [6, 6.07) is 6.18. The Morgan fingerprint density at radius 3 is 3.22 bits per heavy atom. The Hall–Kier alpha value is -2.04. The molecule has 1 aliphatic heterocycles. The van der Waals surface area contributed by atoms with Crippen molar-refractivity contribution < 1.29 is 4.74 Å². The molecule has 0 bridgehead atoms. The van der Waals surface area contributed by atoms with E-state index in [1.807, 2.05) is 19.2 Å². The second kappa shape index (κ2) is 4.68. The van der Waals surface area contributed by atoms with E-state index in [4.69, 9.17) is 4.74 Å². The molecule has 1 N–H and O–H groups in total. The normalized spacial score (nSPS) is 13.8. The van der Waals surface area contributed by atoms with Crippen molar-refractivity contribution >= 4 is 5.69 Å². The Bertz CT molecular complexity index is 550. The second-order valence-corrected chi connectivity index (χ2v) is 4.41. The zero-order valence-corrected chi connectivity index (χ0v) is 10.4. The average Bonchev–Trinajstić information content (AvgIpc) is 2.82. The molecule has 2 heterocycles. The molecule has 94 valence electrons. The molecule has 18 heavy (non-hydrogen) atoms. The lowest BCUT2D eigenvalue weighted by molar-refractivity contribution is 0.290. The Labute approximate surface area is 106 Å². The van der Waals surface area contributed by atoms with Gasteiger partial charge in [0.1, 0.15) is 18.7 Å². The summed E-state index contributed by atoms with van der Waals surface area (Å²) in [5.74, 6) is 1.72. The molecule has 1 aliphatic rings. The predicted molar refractivity (Wildman–Crippen MR) is 68.6 cm³/mol. The van der Waals surface area contributed by atoms with E-state index in [2.05, 4.69) is 21.5 Å². The van der Waals surface area contributed by atoms with Gasteiger partial charge in [-0.1, -0.05) is 12.1 Å². The van der Waals surface area contributed by atoms with Gasteiger partial charge in [0.25, 0.3) is 0 Å². The zero-order valence-electron chi connectivity index (χ0n) is 10.4. The quantitative estimate of drug-likeness (QED) is 0.893. The smallest absolute Gasteiger partial charge is 0.164 e. The number of rotatable bonds is 3. The van der Waals surface area contributed by atoms with Gasteiger partial charge in [-0.25, -0.2) is 4.98 Å². The first-order chi connectivity index (χ1) is 8.84. The van der Waals surface area contributed by atoms with Crippen LogP contribution in [0, 0.1) is 0 Å². The maximum absolute atomic E-state index is 5.84. The third-order valence-corrected chi connectivity index (χ3v) is 3.20. The van der Waals surface area contributed by atoms with Crippen LogP contribution in [0.5, 0.6) is 5.75 Å². The van der Waals surface area contributed by atoms with Crippen molar-refractivity contribution in [2.45, 2.75) is 19.4 Å². The molecule has 0 saturated heterocycles. The fourth-order valence-electron chi connectivity index (χ4n) is 2.19. The highest BCUT2D eigenvalue weighted by Gasteiger charge is 2.13. The monoisotopic (exact) mass is 244 g/mol. The highest BCUT2D eigenvalue weighted by atomic mass is 16.5. The van der Waals surface area contributed by atoms with E-state index in [9.17, 15) is 0 Å². The number of para-hydroxylation sites is 1. The van der Waals surface area contributed by atoms with Crippen LogP contribution < -0.4 is 10.1 Å². The van der Waals surface area contributed by atoms with Crippen molar-refractivity contribution in [2.75, 3.05) is 11.9 Å². The van der Waals surface area contributed by atoms with Crippen LogP contribution in [-0.4, -0.2) is 21.3 Å². The minimum Gasteiger partial charge on any atom is -0.483 e. The lowest BCUT2D eigenvalue weighted by Gasteiger charge is -2.21. The van der Waals surface area contributed by atoms with Crippen molar-refractivity contribution in [3.8, 4) is 5.75 Å². The number of hydrogen-bond acceptors (Lipinski definition) is 4. The van der Waals surface area contributed by atoms with E-state index in [0.717, 1.165) is 30.2 Å². The fourth-order valence-corrected chi connectivity index (χ4v) is 2.19. The number of ether oxygens (including phenoxy) is 1. The molecule has 0 saturated carbocycles. The van der Waals surface area contributed by atoms with Crippen molar-refractivity contribution in [3.63, 3.8) is 0 Å². The molecule has 0 radical (unpaired) electrons. The average molecular weight is 244 g/mol. The van der Waals surface area contributed by atoms with Gasteiger partial charge in [0.2, 0.25) is 0 Å². The van der Waals surface area contributed by atoms with Gasteiger partial charge in [-0.3, -0.25) is 4.68 Å². The summed E-state index contributed by atoms with van der Waals surface area (Å²) in [5, 5.41) is 7.43. The van der Waals surface area contributed by atoms with E-state index >= 15 is 0 Å². The standard InChI is InChI=1S/C13H16N4O/c1-17-12(15-9-16-17)8-18-11-6-2-4-10-5-3-7-14-13(10)11/h2,4,6,9,14H,3,5,7-8H2,1H3. The van der Waals surface area contributed by atoms with Crippen LogP contribution in [0.15, 0.2) is 24.5 Å². The van der Waals surface area contributed by atoms with Crippen LogP contribution >= 0.6 is 0 Å². The van der Waals surface area contributed by atoms with Crippen LogP contribution in [0.3, 0.4) is 0 Å². The first kappa shape index (κ1) is 11.1. The summed E-state index contributed by atoms with van der Waals surface area (Å²) in [7, 11) is 1.87. The van der Waals surface area contributed by atoms with Gasteiger partial charge in [0, 0.05) is 13.6 Å². The summed E-state index contributed by atoms with van der Waals surface area (Å²) >= 11 is 0. The SMILES string of the molecule is Cn1ncnc1COc1cccc2c1NCCC2. The van der Waals surface area contributed by atoms with Crippen molar-refractivity contribution in [2.24, 2.45) is 7.05 Å².